The first-order chi connectivity index (χ1) is 13.7. The predicted octanol–water partition coefficient (Wildman–Crippen LogP) is 4.69. The Balaban J connectivity index is 1.56. The van der Waals surface area contributed by atoms with Gasteiger partial charge in [-0.15, -0.1) is 0 Å². The van der Waals surface area contributed by atoms with Crippen LogP contribution in [-0.4, -0.2) is 30.1 Å². The molecule has 0 aromatic carbocycles. The van der Waals surface area contributed by atoms with Crippen LogP contribution >= 0.6 is 0 Å². The van der Waals surface area contributed by atoms with E-state index in [4.69, 9.17) is 4.74 Å². The molecule has 0 amide bonds. The van der Waals surface area contributed by atoms with Crippen LogP contribution < -0.4 is 0 Å². The third-order valence-electron chi connectivity index (χ3n) is 9.78. The van der Waals surface area contributed by atoms with Gasteiger partial charge in [0.15, 0.2) is 5.78 Å². The summed E-state index contributed by atoms with van der Waals surface area (Å²) in [5.74, 6) is 2.64. The van der Waals surface area contributed by atoms with E-state index >= 15 is 0 Å². The van der Waals surface area contributed by atoms with Crippen molar-refractivity contribution in [2.24, 2.45) is 40.4 Å². The van der Waals surface area contributed by atoms with Gasteiger partial charge in [-0.25, -0.2) is 0 Å². The van der Waals surface area contributed by atoms with Gasteiger partial charge in [0.05, 0.1) is 13.2 Å². The molecule has 4 unspecified atom stereocenters. The summed E-state index contributed by atoms with van der Waals surface area (Å²) >= 11 is 0. The van der Waals surface area contributed by atoms with Crippen molar-refractivity contribution in [3.05, 3.63) is 11.6 Å². The third kappa shape index (κ3) is 3.30. The summed E-state index contributed by atoms with van der Waals surface area (Å²) < 4.78 is 4.85. The molecule has 3 fully saturated rings. The number of fused-ring (bicyclic) bond motifs is 5. The largest absolute Gasteiger partial charge is 0.469 e. The zero-order valence-electron chi connectivity index (χ0n) is 18.6. The molecule has 29 heavy (non-hydrogen) atoms. The zero-order chi connectivity index (χ0) is 21.0. The van der Waals surface area contributed by atoms with Crippen LogP contribution in [0, 0.1) is 40.4 Å². The van der Waals surface area contributed by atoms with Gasteiger partial charge in [-0.2, -0.15) is 0 Å². The standard InChI is InChI=1S/C25H38O4/c1-15(5-8-22(28)29-4)18-6-7-19-23-20(10-12-25(18,19)3)24(2)11-9-17(26)13-16(24)14-21(23)27/h13,15,18-21,23,27H,5-12,14H2,1-4H3/t15-,18-,19?,20?,21?,23?,24+,25-/m1/s1. The molecule has 0 radical (unpaired) electrons. The summed E-state index contributed by atoms with van der Waals surface area (Å²) in [5, 5.41) is 11.2. The molecule has 3 saturated carbocycles. The number of methoxy groups -OCH3 is 1. The van der Waals surface area contributed by atoms with E-state index in [1.54, 1.807) is 0 Å². The summed E-state index contributed by atoms with van der Waals surface area (Å²) in [6.07, 6.45) is 9.98. The quantitative estimate of drug-likeness (QED) is 0.693. The molecule has 0 bridgehead atoms. The summed E-state index contributed by atoms with van der Waals surface area (Å²) in [7, 11) is 1.47. The summed E-state index contributed by atoms with van der Waals surface area (Å²) in [6.45, 7) is 7.13. The zero-order valence-corrected chi connectivity index (χ0v) is 18.6. The van der Waals surface area contributed by atoms with Crippen molar-refractivity contribution in [3.8, 4) is 0 Å². The first-order valence-corrected chi connectivity index (χ1v) is 11.7. The highest BCUT2D eigenvalue weighted by molar-refractivity contribution is 5.91. The Hall–Kier alpha value is -1.16. The summed E-state index contributed by atoms with van der Waals surface area (Å²) in [4.78, 5) is 23.7. The minimum absolute atomic E-state index is 0.0910. The van der Waals surface area contributed by atoms with Gasteiger partial charge in [0.2, 0.25) is 0 Å². The number of esters is 1. The van der Waals surface area contributed by atoms with Crippen molar-refractivity contribution in [1.29, 1.82) is 0 Å². The highest BCUT2D eigenvalue weighted by atomic mass is 16.5. The lowest BCUT2D eigenvalue weighted by Crippen LogP contribution is -2.55. The maximum absolute atomic E-state index is 12.0. The van der Waals surface area contributed by atoms with Crippen LogP contribution in [0.1, 0.15) is 78.6 Å². The molecule has 0 aromatic rings. The van der Waals surface area contributed by atoms with Crippen molar-refractivity contribution < 1.29 is 19.4 Å². The van der Waals surface area contributed by atoms with Crippen molar-refractivity contribution in [2.75, 3.05) is 7.11 Å². The second-order valence-electron chi connectivity index (χ2n) is 10.9. The van der Waals surface area contributed by atoms with Crippen molar-refractivity contribution in [1.82, 2.24) is 0 Å². The van der Waals surface area contributed by atoms with Crippen molar-refractivity contribution in [2.45, 2.75) is 84.7 Å². The number of carbonyl (C=O) groups is 2. The molecule has 4 heteroatoms. The fourth-order valence-corrected chi connectivity index (χ4v) is 8.15. The van der Waals surface area contributed by atoms with Crippen LogP contribution in [0.5, 0.6) is 0 Å². The number of aliphatic hydroxyl groups excluding tert-OH is 1. The van der Waals surface area contributed by atoms with Gasteiger partial charge in [-0.3, -0.25) is 9.59 Å². The van der Waals surface area contributed by atoms with E-state index in [0.717, 1.165) is 19.3 Å². The van der Waals surface area contributed by atoms with Crippen molar-refractivity contribution in [3.63, 3.8) is 0 Å². The second kappa shape index (κ2) is 7.51. The van der Waals surface area contributed by atoms with E-state index in [1.807, 2.05) is 6.08 Å². The molecule has 0 heterocycles. The number of ether oxygens (including phenoxy) is 1. The Morgan fingerprint density at radius 1 is 1.24 bits per heavy atom. The normalized spacial score (nSPS) is 44.9. The van der Waals surface area contributed by atoms with E-state index in [-0.39, 0.29) is 28.7 Å². The second-order valence-corrected chi connectivity index (χ2v) is 10.9. The lowest BCUT2D eigenvalue weighted by atomic mass is 9.45. The molecule has 4 aliphatic carbocycles. The van der Waals surface area contributed by atoms with Crippen LogP contribution in [0.15, 0.2) is 11.6 Å². The molecule has 4 nitrogen and oxygen atoms in total. The fourth-order valence-electron chi connectivity index (χ4n) is 8.15. The lowest BCUT2D eigenvalue weighted by molar-refractivity contribution is -0.141. The van der Waals surface area contributed by atoms with Gasteiger partial charge in [-0.05, 0) is 91.4 Å². The van der Waals surface area contributed by atoms with E-state index in [9.17, 15) is 14.7 Å². The average molecular weight is 403 g/mol. The number of hydrogen-bond donors (Lipinski definition) is 1. The Labute approximate surface area is 175 Å². The number of ketones is 1. The van der Waals surface area contributed by atoms with E-state index < -0.39 is 0 Å². The topological polar surface area (TPSA) is 63.6 Å². The first kappa shape index (κ1) is 21.1. The molecule has 8 atom stereocenters. The summed E-state index contributed by atoms with van der Waals surface area (Å²) in [5.41, 5.74) is 1.56. The first-order valence-electron chi connectivity index (χ1n) is 11.7. The van der Waals surface area contributed by atoms with E-state index in [2.05, 4.69) is 20.8 Å². The summed E-state index contributed by atoms with van der Waals surface area (Å²) in [6, 6.07) is 0. The van der Waals surface area contributed by atoms with Crippen LogP contribution in [-0.2, 0) is 14.3 Å². The van der Waals surface area contributed by atoms with E-state index in [0.29, 0.717) is 48.9 Å². The molecule has 4 rings (SSSR count). The smallest absolute Gasteiger partial charge is 0.305 e. The molecular formula is C25H38O4. The predicted molar refractivity (Wildman–Crippen MR) is 112 cm³/mol. The SMILES string of the molecule is COC(=O)CC[C@@H](C)[C@H]1CCC2C3C(O)CC4=CC(=O)CC[C@]4(C)C3CC[C@@]21C. The Morgan fingerprint density at radius 2 is 2.00 bits per heavy atom. The molecular weight excluding hydrogens is 364 g/mol. The number of rotatable bonds is 4. The van der Waals surface area contributed by atoms with Gasteiger partial charge in [0.1, 0.15) is 0 Å². The Morgan fingerprint density at radius 3 is 2.72 bits per heavy atom. The van der Waals surface area contributed by atoms with Gasteiger partial charge in [0.25, 0.3) is 0 Å². The van der Waals surface area contributed by atoms with Crippen LogP contribution in [0.4, 0.5) is 0 Å². The van der Waals surface area contributed by atoms with Crippen LogP contribution in [0.25, 0.3) is 0 Å². The highest BCUT2D eigenvalue weighted by Crippen LogP contribution is 2.67. The maximum Gasteiger partial charge on any atom is 0.305 e. The Bertz CT molecular complexity index is 712. The monoisotopic (exact) mass is 402 g/mol. The minimum atomic E-state index is -0.320. The third-order valence-corrected chi connectivity index (χ3v) is 9.78. The lowest BCUT2D eigenvalue weighted by Gasteiger charge is -2.59. The van der Waals surface area contributed by atoms with Gasteiger partial charge >= 0.3 is 5.97 Å². The molecule has 1 N–H and O–H groups in total. The highest BCUT2D eigenvalue weighted by Gasteiger charge is 2.61. The van der Waals surface area contributed by atoms with Gasteiger partial charge < -0.3 is 9.84 Å². The Kier molecular flexibility index (Phi) is 5.46. The van der Waals surface area contributed by atoms with Crippen LogP contribution in [0.3, 0.4) is 0 Å². The number of aliphatic hydroxyl groups is 1. The molecule has 0 aliphatic heterocycles. The van der Waals surface area contributed by atoms with Gasteiger partial charge in [0, 0.05) is 12.8 Å². The number of carbonyl (C=O) groups excluding carboxylic acids is 2. The van der Waals surface area contributed by atoms with Crippen molar-refractivity contribution >= 4 is 11.8 Å². The van der Waals surface area contributed by atoms with Crippen LogP contribution in [0.2, 0.25) is 0 Å². The molecule has 0 spiro atoms. The molecule has 4 aliphatic rings. The minimum Gasteiger partial charge on any atom is -0.469 e. The molecule has 0 aromatic heterocycles. The van der Waals surface area contributed by atoms with Gasteiger partial charge in [-0.1, -0.05) is 26.3 Å². The maximum atomic E-state index is 12.0. The number of hydrogen-bond acceptors (Lipinski definition) is 4. The molecule has 0 saturated heterocycles. The molecule has 162 valence electrons. The average Bonchev–Trinajstić information content (AvgIpc) is 3.04. The fraction of sp³-hybridized carbons (Fsp3) is 0.840. The van der Waals surface area contributed by atoms with E-state index in [1.165, 1.54) is 31.9 Å².